The molecule has 0 bridgehead atoms. The molecule has 31 heavy (non-hydrogen) atoms. The van der Waals surface area contributed by atoms with Gasteiger partial charge in [0.1, 0.15) is 5.82 Å². The number of hydrogen-bond acceptors (Lipinski definition) is 3. The topological polar surface area (TPSA) is 50.2 Å². The fourth-order valence-corrected chi connectivity index (χ4v) is 4.62. The Hall–Kier alpha value is -2.96. The van der Waals surface area contributed by atoms with Crippen molar-refractivity contribution in [2.24, 2.45) is 0 Å². The lowest BCUT2D eigenvalue weighted by atomic mass is 10.1. The molecule has 2 heterocycles. The molecule has 1 N–H and O–H groups in total. The zero-order valence-electron chi connectivity index (χ0n) is 17.3. The second-order valence-corrected chi connectivity index (χ2v) is 8.82. The molecule has 5 nitrogen and oxygen atoms in total. The third-order valence-electron chi connectivity index (χ3n) is 5.96. The average Bonchev–Trinajstić information content (AvgIpc) is 3.16. The fraction of sp³-hybridized carbons (Fsp3) is 0.200. The first kappa shape index (κ1) is 20.0. The quantitative estimate of drug-likeness (QED) is 0.417. The number of nitrogens with one attached hydrogen (secondary N) is 1. The van der Waals surface area contributed by atoms with E-state index in [9.17, 15) is 4.79 Å². The van der Waals surface area contributed by atoms with Crippen LogP contribution in [0, 0.1) is 0 Å². The summed E-state index contributed by atoms with van der Waals surface area (Å²) >= 11 is 3.41. The number of aromatic nitrogens is 2. The highest BCUT2D eigenvalue weighted by molar-refractivity contribution is 9.10. The summed E-state index contributed by atoms with van der Waals surface area (Å²) in [6.07, 6.45) is 0. The van der Waals surface area contributed by atoms with E-state index >= 15 is 0 Å². The molecule has 1 aliphatic rings. The Balaban J connectivity index is 1.37. The van der Waals surface area contributed by atoms with Crippen molar-refractivity contribution >= 4 is 38.6 Å². The number of amides is 1. The first-order valence-corrected chi connectivity index (χ1v) is 11.2. The number of rotatable bonds is 4. The van der Waals surface area contributed by atoms with Crippen LogP contribution in [0.15, 0.2) is 77.3 Å². The standard InChI is InChI=1S/C25H23BrN4O/c1-17(18-6-3-2-4-7-18)29-12-13-30-23-11-10-21(15-22(23)28-24(30)16-29)27-25(31)19-8-5-9-20(26)14-19/h2-11,14-15,17H,12-13,16H2,1H3,(H,27,31). The lowest BCUT2D eigenvalue weighted by Gasteiger charge is -2.33. The van der Waals surface area contributed by atoms with E-state index in [-0.39, 0.29) is 5.91 Å². The maximum Gasteiger partial charge on any atom is 0.255 e. The Kier molecular flexibility index (Phi) is 5.34. The van der Waals surface area contributed by atoms with Crippen LogP contribution in [-0.2, 0) is 13.1 Å². The number of benzene rings is 3. The van der Waals surface area contributed by atoms with Crippen molar-refractivity contribution in [3.63, 3.8) is 0 Å². The van der Waals surface area contributed by atoms with Gasteiger partial charge in [0.25, 0.3) is 5.91 Å². The maximum atomic E-state index is 12.6. The lowest BCUT2D eigenvalue weighted by Crippen LogP contribution is -2.35. The predicted octanol–water partition coefficient (Wildman–Crippen LogP) is 5.63. The van der Waals surface area contributed by atoms with Crippen molar-refractivity contribution < 1.29 is 4.79 Å². The molecule has 156 valence electrons. The van der Waals surface area contributed by atoms with Gasteiger partial charge in [-0.2, -0.15) is 0 Å². The summed E-state index contributed by atoms with van der Waals surface area (Å²) in [6.45, 7) is 4.95. The minimum Gasteiger partial charge on any atom is -0.326 e. The van der Waals surface area contributed by atoms with E-state index in [2.05, 4.69) is 74.0 Å². The van der Waals surface area contributed by atoms with E-state index in [1.54, 1.807) is 6.07 Å². The summed E-state index contributed by atoms with van der Waals surface area (Å²) in [5.74, 6) is 0.937. The van der Waals surface area contributed by atoms with Gasteiger partial charge in [-0.1, -0.05) is 52.3 Å². The van der Waals surface area contributed by atoms with Gasteiger partial charge in [-0.05, 0) is 48.9 Å². The van der Waals surface area contributed by atoms with E-state index in [1.807, 2.05) is 30.3 Å². The molecule has 5 rings (SSSR count). The molecule has 0 saturated carbocycles. The summed E-state index contributed by atoms with van der Waals surface area (Å²) in [5.41, 5.74) is 4.72. The average molecular weight is 475 g/mol. The Bertz CT molecular complexity index is 1250. The van der Waals surface area contributed by atoms with E-state index in [0.29, 0.717) is 11.6 Å². The Morgan fingerprint density at radius 1 is 1.03 bits per heavy atom. The number of carbonyl (C=O) groups is 1. The van der Waals surface area contributed by atoms with Crippen LogP contribution in [-0.4, -0.2) is 26.9 Å². The Morgan fingerprint density at radius 3 is 2.68 bits per heavy atom. The zero-order chi connectivity index (χ0) is 21.4. The molecule has 0 radical (unpaired) electrons. The van der Waals surface area contributed by atoms with Gasteiger partial charge in [0.15, 0.2) is 0 Å². The number of carbonyl (C=O) groups excluding carboxylic acids is 1. The van der Waals surface area contributed by atoms with E-state index in [4.69, 9.17) is 4.98 Å². The minimum absolute atomic E-state index is 0.132. The number of hydrogen-bond donors (Lipinski definition) is 1. The van der Waals surface area contributed by atoms with Gasteiger partial charge in [-0.15, -0.1) is 0 Å². The van der Waals surface area contributed by atoms with Crippen LogP contribution in [0.5, 0.6) is 0 Å². The summed E-state index contributed by atoms with van der Waals surface area (Å²) in [5, 5.41) is 2.99. The van der Waals surface area contributed by atoms with Crippen LogP contribution in [0.4, 0.5) is 5.69 Å². The minimum atomic E-state index is -0.132. The molecule has 1 amide bonds. The summed E-state index contributed by atoms with van der Waals surface area (Å²) < 4.78 is 3.18. The van der Waals surface area contributed by atoms with Crippen LogP contribution in [0.1, 0.15) is 34.7 Å². The molecule has 1 aliphatic heterocycles. The van der Waals surface area contributed by atoms with Crippen LogP contribution in [0.3, 0.4) is 0 Å². The van der Waals surface area contributed by atoms with Crippen molar-refractivity contribution in [3.8, 4) is 0 Å². The van der Waals surface area contributed by atoms with Gasteiger partial charge in [0, 0.05) is 34.9 Å². The summed E-state index contributed by atoms with van der Waals surface area (Å²) in [7, 11) is 0. The van der Waals surface area contributed by atoms with E-state index in [1.165, 1.54) is 5.56 Å². The van der Waals surface area contributed by atoms with Gasteiger partial charge >= 0.3 is 0 Å². The van der Waals surface area contributed by atoms with Gasteiger partial charge in [0.2, 0.25) is 0 Å². The molecular weight excluding hydrogens is 452 g/mol. The maximum absolute atomic E-state index is 12.6. The Labute approximate surface area is 189 Å². The Morgan fingerprint density at radius 2 is 1.87 bits per heavy atom. The molecule has 6 heteroatoms. The molecule has 3 aromatic carbocycles. The molecule has 1 unspecified atom stereocenters. The van der Waals surface area contributed by atoms with Crippen molar-refractivity contribution in [1.82, 2.24) is 14.5 Å². The SMILES string of the molecule is CC(c1ccccc1)N1CCn2c(nc3cc(NC(=O)c4cccc(Br)c4)ccc32)C1. The van der Waals surface area contributed by atoms with Gasteiger partial charge in [-0.25, -0.2) is 4.98 Å². The first-order valence-electron chi connectivity index (χ1n) is 10.4. The second kappa shape index (κ2) is 8.29. The molecule has 1 atom stereocenters. The monoisotopic (exact) mass is 474 g/mol. The van der Waals surface area contributed by atoms with E-state index < -0.39 is 0 Å². The smallest absolute Gasteiger partial charge is 0.255 e. The third-order valence-corrected chi connectivity index (χ3v) is 6.45. The largest absolute Gasteiger partial charge is 0.326 e. The molecule has 0 spiro atoms. The number of imidazole rings is 1. The first-order chi connectivity index (χ1) is 15.1. The van der Waals surface area contributed by atoms with Crippen LogP contribution < -0.4 is 5.32 Å². The van der Waals surface area contributed by atoms with Crippen molar-refractivity contribution in [2.75, 3.05) is 11.9 Å². The lowest BCUT2D eigenvalue weighted by molar-refractivity contribution is 0.102. The predicted molar refractivity (Wildman–Crippen MR) is 127 cm³/mol. The van der Waals surface area contributed by atoms with Gasteiger partial charge < -0.3 is 9.88 Å². The molecule has 4 aromatic rings. The van der Waals surface area contributed by atoms with Crippen molar-refractivity contribution in [2.45, 2.75) is 26.1 Å². The normalized spacial score (nSPS) is 14.9. The number of halogens is 1. The number of nitrogens with zero attached hydrogens (tertiary/aromatic N) is 3. The number of anilines is 1. The second-order valence-electron chi connectivity index (χ2n) is 7.90. The van der Waals surface area contributed by atoms with Crippen LogP contribution in [0.25, 0.3) is 11.0 Å². The van der Waals surface area contributed by atoms with Crippen LogP contribution >= 0.6 is 15.9 Å². The molecule has 0 fully saturated rings. The molecule has 1 aromatic heterocycles. The molecule has 0 aliphatic carbocycles. The fourth-order valence-electron chi connectivity index (χ4n) is 4.22. The van der Waals surface area contributed by atoms with Gasteiger partial charge in [-0.3, -0.25) is 9.69 Å². The van der Waals surface area contributed by atoms with Crippen molar-refractivity contribution in [3.05, 3.63) is 94.2 Å². The molecule has 0 saturated heterocycles. The number of fused-ring (bicyclic) bond motifs is 3. The van der Waals surface area contributed by atoms with Crippen LogP contribution in [0.2, 0.25) is 0 Å². The van der Waals surface area contributed by atoms with E-state index in [0.717, 1.165) is 46.7 Å². The zero-order valence-corrected chi connectivity index (χ0v) is 18.8. The van der Waals surface area contributed by atoms with Crippen molar-refractivity contribution in [1.29, 1.82) is 0 Å². The summed E-state index contributed by atoms with van der Waals surface area (Å²) in [6, 6.07) is 24.3. The molecular formula is C25H23BrN4O. The highest BCUT2D eigenvalue weighted by Gasteiger charge is 2.24. The highest BCUT2D eigenvalue weighted by Crippen LogP contribution is 2.28. The van der Waals surface area contributed by atoms with Gasteiger partial charge in [0.05, 0.1) is 17.6 Å². The summed E-state index contributed by atoms with van der Waals surface area (Å²) in [4.78, 5) is 19.9. The third kappa shape index (κ3) is 4.01. The highest BCUT2D eigenvalue weighted by atomic mass is 79.9.